The van der Waals surface area contributed by atoms with Crippen molar-refractivity contribution >= 4 is 5.97 Å². The standard InChI is InChI=1S/C14H15NO3/c15-9-10-5-7-11(8-6-10)14(17)18-13-4-2-1-3-12(13)16/h5-8,12-13,16H,1-4H2. The molecule has 0 aliphatic heterocycles. The molecule has 1 aromatic carbocycles. The molecule has 1 fully saturated rings. The second-order valence-corrected chi connectivity index (χ2v) is 4.48. The molecule has 0 saturated heterocycles. The van der Waals surface area contributed by atoms with Crippen LogP contribution >= 0.6 is 0 Å². The van der Waals surface area contributed by atoms with Gasteiger partial charge in [0.25, 0.3) is 0 Å². The van der Waals surface area contributed by atoms with E-state index >= 15 is 0 Å². The summed E-state index contributed by atoms with van der Waals surface area (Å²) >= 11 is 0. The highest BCUT2D eigenvalue weighted by atomic mass is 16.6. The molecule has 1 aliphatic rings. The molecule has 0 spiro atoms. The maximum absolute atomic E-state index is 11.8. The van der Waals surface area contributed by atoms with Gasteiger partial charge in [0.15, 0.2) is 0 Å². The van der Waals surface area contributed by atoms with Gasteiger partial charge in [-0.25, -0.2) is 4.79 Å². The first-order valence-electron chi connectivity index (χ1n) is 6.10. The van der Waals surface area contributed by atoms with Crippen molar-refractivity contribution in [3.8, 4) is 6.07 Å². The maximum Gasteiger partial charge on any atom is 0.338 e. The number of carbonyl (C=O) groups is 1. The van der Waals surface area contributed by atoms with Gasteiger partial charge in [0, 0.05) is 0 Å². The highest BCUT2D eigenvalue weighted by Crippen LogP contribution is 2.22. The Morgan fingerprint density at radius 2 is 1.94 bits per heavy atom. The Morgan fingerprint density at radius 3 is 2.56 bits per heavy atom. The molecule has 0 aromatic heterocycles. The number of rotatable bonds is 2. The van der Waals surface area contributed by atoms with Crippen molar-refractivity contribution < 1.29 is 14.6 Å². The SMILES string of the molecule is N#Cc1ccc(C(=O)OC2CCCCC2O)cc1. The monoisotopic (exact) mass is 245 g/mol. The Kier molecular flexibility index (Phi) is 3.96. The van der Waals surface area contributed by atoms with Crippen LogP contribution in [0, 0.1) is 11.3 Å². The van der Waals surface area contributed by atoms with Gasteiger partial charge in [0.05, 0.1) is 23.3 Å². The van der Waals surface area contributed by atoms with E-state index in [1.807, 2.05) is 6.07 Å². The lowest BCUT2D eigenvalue weighted by Crippen LogP contribution is -2.34. The van der Waals surface area contributed by atoms with Crippen LogP contribution in [0.5, 0.6) is 0 Å². The van der Waals surface area contributed by atoms with E-state index in [1.54, 1.807) is 24.3 Å². The third-order valence-electron chi connectivity index (χ3n) is 3.18. The normalized spacial score (nSPS) is 23.1. The molecule has 1 saturated carbocycles. The lowest BCUT2D eigenvalue weighted by molar-refractivity contribution is -0.0360. The van der Waals surface area contributed by atoms with E-state index < -0.39 is 18.2 Å². The number of nitrogens with zero attached hydrogens (tertiary/aromatic N) is 1. The van der Waals surface area contributed by atoms with Crippen molar-refractivity contribution in [1.82, 2.24) is 0 Å². The van der Waals surface area contributed by atoms with Crippen LogP contribution in [0.1, 0.15) is 41.6 Å². The van der Waals surface area contributed by atoms with Gasteiger partial charge in [-0.15, -0.1) is 0 Å². The van der Waals surface area contributed by atoms with E-state index in [0.717, 1.165) is 12.8 Å². The molecule has 2 atom stereocenters. The predicted molar refractivity (Wildman–Crippen MR) is 64.8 cm³/mol. The van der Waals surface area contributed by atoms with Crippen LogP contribution in [-0.4, -0.2) is 23.3 Å². The van der Waals surface area contributed by atoms with Crippen LogP contribution < -0.4 is 0 Å². The van der Waals surface area contributed by atoms with E-state index in [9.17, 15) is 9.90 Å². The number of esters is 1. The lowest BCUT2D eigenvalue weighted by atomic mass is 9.95. The van der Waals surface area contributed by atoms with Crippen LogP contribution in [0.25, 0.3) is 0 Å². The van der Waals surface area contributed by atoms with Crippen LogP contribution in [0.2, 0.25) is 0 Å². The Hall–Kier alpha value is -1.86. The third kappa shape index (κ3) is 2.88. The Morgan fingerprint density at radius 1 is 1.28 bits per heavy atom. The number of aliphatic hydroxyl groups excluding tert-OH is 1. The molecule has 0 amide bonds. The molecule has 0 heterocycles. The summed E-state index contributed by atoms with van der Waals surface area (Å²) in [4.78, 5) is 11.8. The first-order chi connectivity index (χ1) is 8.70. The number of hydrogen-bond donors (Lipinski definition) is 1. The van der Waals surface area contributed by atoms with Crippen molar-refractivity contribution in [3.05, 3.63) is 35.4 Å². The lowest BCUT2D eigenvalue weighted by Gasteiger charge is -2.27. The molecular formula is C14H15NO3. The molecule has 2 unspecified atom stereocenters. The van der Waals surface area contributed by atoms with E-state index in [-0.39, 0.29) is 0 Å². The Balaban J connectivity index is 2.00. The summed E-state index contributed by atoms with van der Waals surface area (Å²) in [5, 5.41) is 18.4. The fraction of sp³-hybridized carbons (Fsp3) is 0.429. The second-order valence-electron chi connectivity index (χ2n) is 4.48. The van der Waals surface area contributed by atoms with Crippen molar-refractivity contribution in [2.24, 2.45) is 0 Å². The Bertz CT molecular complexity index is 461. The molecule has 94 valence electrons. The number of nitriles is 1. The van der Waals surface area contributed by atoms with Gasteiger partial charge in [-0.3, -0.25) is 0 Å². The van der Waals surface area contributed by atoms with Crippen LogP contribution in [-0.2, 0) is 4.74 Å². The number of carbonyl (C=O) groups excluding carboxylic acids is 1. The summed E-state index contributed by atoms with van der Waals surface area (Å²) in [5.74, 6) is -0.439. The molecule has 1 N–H and O–H groups in total. The van der Waals surface area contributed by atoms with Crippen molar-refractivity contribution in [2.75, 3.05) is 0 Å². The fourth-order valence-corrected chi connectivity index (χ4v) is 2.10. The predicted octanol–water partition coefficient (Wildman–Crippen LogP) is 2.02. The quantitative estimate of drug-likeness (QED) is 0.809. The zero-order valence-electron chi connectivity index (χ0n) is 10.0. The summed E-state index contributed by atoms with van der Waals surface area (Å²) in [6, 6.07) is 8.28. The van der Waals surface area contributed by atoms with Crippen LogP contribution in [0.15, 0.2) is 24.3 Å². The Labute approximate surface area is 106 Å². The average Bonchev–Trinajstić information content (AvgIpc) is 2.41. The molecule has 4 nitrogen and oxygen atoms in total. The van der Waals surface area contributed by atoms with Crippen molar-refractivity contribution in [2.45, 2.75) is 37.9 Å². The summed E-state index contributed by atoms with van der Waals surface area (Å²) in [5.41, 5.74) is 0.913. The minimum absolute atomic E-state index is 0.401. The molecule has 0 bridgehead atoms. The zero-order valence-corrected chi connectivity index (χ0v) is 10.0. The second kappa shape index (κ2) is 5.65. The molecule has 2 rings (SSSR count). The van der Waals surface area contributed by atoms with Crippen LogP contribution in [0.3, 0.4) is 0 Å². The van der Waals surface area contributed by atoms with Gasteiger partial charge in [0.2, 0.25) is 0 Å². The largest absolute Gasteiger partial charge is 0.456 e. The highest BCUT2D eigenvalue weighted by molar-refractivity contribution is 5.89. The summed E-state index contributed by atoms with van der Waals surface area (Å²) in [7, 11) is 0. The topological polar surface area (TPSA) is 70.3 Å². The molecular weight excluding hydrogens is 230 g/mol. The fourth-order valence-electron chi connectivity index (χ4n) is 2.10. The average molecular weight is 245 g/mol. The minimum Gasteiger partial charge on any atom is -0.456 e. The first-order valence-corrected chi connectivity index (χ1v) is 6.10. The van der Waals surface area contributed by atoms with Gasteiger partial charge in [-0.05, 0) is 43.5 Å². The molecule has 4 heteroatoms. The summed E-state index contributed by atoms with van der Waals surface area (Å²) in [6.07, 6.45) is 2.39. The van der Waals surface area contributed by atoms with Gasteiger partial charge in [0.1, 0.15) is 6.10 Å². The smallest absolute Gasteiger partial charge is 0.338 e. The minimum atomic E-state index is -0.555. The molecule has 1 aromatic rings. The number of benzene rings is 1. The summed E-state index contributed by atoms with van der Waals surface area (Å²) in [6.45, 7) is 0. The van der Waals surface area contributed by atoms with Gasteiger partial charge in [-0.2, -0.15) is 5.26 Å². The number of hydrogen-bond acceptors (Lipinski definition) is 4. The highest BCUT2D eigenvalue weighted by Gasteiger charge is 2.26. The number of aliphatic hydroxyl groups is 1. The van der Waals surface area contributed by atoms with E-state index in [4.69, 9.17) is 10.00 Å². The van der Waals surface area contributed by atoms with E-state index in [2.05, 4.69) is 0 Å². The number of ether oxygens (including phenoxy) is 1. The molecule has 0 radical (unpaired) electrons. The van der Waals surface area contributed by atoms with E-state index in [1.165, 1.54) is 0 Å². The van der Waals surface area contributed by atoms with Crippen molar-refractivity contribution in [3.63, 3.8) is 0 Å². The van der Waals surface area contributed by atoms with Crippen LogP contribution in [0.4, 0.5) is 0 Å². The maximum atomic E-state index is 11.8. The zero-order chi connectivity index (χ0) is 13.0. The van der Waals surface area contributed by atoms with Gasteiger partial charge >= 0.3 is 5.97 Å². The molecule has 18 heavy (non-hydrogen) atoms. The molecule has 1 aliphatic carbocycles. The third-order valence-corrected chi connectivity index (χ3v) is 3.18. The van der Waals surface area contributed by atoms with Gasteiger partial charge in [-0.1, -0.05) is 6.42 Å². The van der Waals surface area contributed by atoms with E-state index in [0.29, 0.717) is 24.0 Å². The first kappa shape index (κ1) is 12.6. The van der Waals surface area contributed by atoms with Gasteiger partial charge < -0.3 is 9.84 Å². The summed E-state index contributed by atoms with van der Waals surface area (Å²) < 4.78 is 5.29. The van der Waals surface area contributed by atoms with Crippen molar-refractivity contribution in [1.29, 1.82) is 5.26 Å².